The summed E-state index contributed by atoms with van der Waals surface area (Å²) in [5.74, 6) is 0.0800. The van der Waals surface area contributed by atoms with Gasteiger partial charge in [0.15, 0.2) is 0 Å². The van der Waals surface area contributed by atoms with Crippen LogP contribution < -0.4 is 0 Å². The third kappa shape index (κ3) is 3.32. The average Bonchev–Trinajstić information content (AvgIpc) is 3.11. The molecule has 1 saturated heterocycles. The number of nitrogens with zero attached hydrogens (tertiary/aromatic N) is 2. The summed E-state index contributed by atoms with van der Waals surface area (Å²) in [6, 6.07) is 8.92. The van der Waals surface area contributed by atoms with Crippen molar-refractivity contribution in [3.63, 3.8) is 0 Å². The van der Waals surface area contributed by atoms with Crippen LogP contribution >= 0.6 is 11.6 Å². The van der Waals surface area contributed by atoms with Crippen molar-refractivity contribution in [2.45, 2.75) is 26.2 Å². The number of carbonyl (C=O) groups excluding carboxylic acids is 1. The third-order valence-corrected chi connectivity index (χ3v) is 5.27. The molecule has 1 fully saturated rings. The standard InChI is InChI=1S/C18H21ClN2O3/c1-2-18(12-22)6-8-21(9-7-18)17(23)16-11-15(20-24-16)13-4-3-5-14(19)10-13/h3-5,10-11,22H,2,6-9,12H2,1H3. The van der Waals surface area contributed by atoms with E-state index in [1.54, 1.807) is 23.1 Å². The lowest BCUT2D eigenvalue weighted by Gasteiger charge is -2.39. The normalized spacial score (nSPS) is 17.0. The van der Waals surface area contributed by atoms with Crippen molar-refractivity contribution < 1.29 is 14.4 Å². The van der Waals surface area contributed by atoms with Gasteiger partial charge in [-0.2, -0.15) is 0 Å². The van der Waals surface area contributed by atoms with Crippen molar-refractivity contribution in [3.8, 4) is 11.3 Å². The second-order valence-corrected chi connectivity index (χ2v) is 6.83. The van der Waals surface area contributed by atoms with Crippen LogP contribution in [0.1, 0.15) is 36.7 Å². The van der Waals surface area contributed by atoms with Crippen LogP contribution in [0.3, 0.4) is 0 Å². The quantitative estimate of drug-likeness (QED) is 0.916. The molecule has 3 rings (SSSR count). The van der Waals surface area contributed by atoms with Crippen LogP contribution in [0.25, 0.3) is 11.3 Å². The lowest BCUT2D eigenvalue weighted by atomic mass is 9.77. The SMILES string of the molecule is CCC1(CO)CCN(C(=O)c2cc(-c3cccc(Cl)c3)no2)CC1. The Morgan fingerprint density at radius 2 is 2.12 bits per heavy atom. The van der Waals surface area contributed by atoms with Crippen LogP contribution in [0.2, 0.25) is 5.02 Å². The van der Waals surface area contributed by atoms with Gasteiger partial charge in [0.1, 0.15) is 5.69 Å². The number of benzene rings is 1. The first kappa shape index (κ1) is 17.0. The molecule has 0 bridgehead atoms. The van der Waals surface area contributed by atoms with Crippen molar-refractivity contribution in [1.82, 2.24) is 10.1 Å². The van der Waals surface area contributed by atoms with Gasteiger partial charge in [-0.15, -0.1) is 0 Å². The number of amides is 1. The molecule has 0 unspecified atom stereocenters. The molecule has 1 aliphatic rings. The summed E-state index contributed by atoms with van der Waals surface area (Å²) in [6.07, 6.45) is 2.54. The minimum atomic E-state index is -0.154. The zero-order valence-electron chi connectivity index (χ0n) is 13.7. The van der Waals surface area contributed by atoms with Gasteiger partial charge in [-0.1, -0.05) is 35.8 Å². The molecule has 1 aliphatic heterocycles. The van der Waals surface area contributed by atoms with Crippen LogP contribution in [0.4, 0.5) is 0 Å². The summed E-state index contributed by atoms with van der Waals surface area (Å²) in [7, 11) is 0. The van der Waals surface area contributed by atoms with Crippen LogP contribution in [0, 0.1) is 5.41 Å². The van der Waals surface area contributed by atoms with Gasteiger partial charge >= 0.3 is 0 Å². The third-order valence-electron chi connectivity index (χ3n) is 5.04. The predicted octanol–water partition coefficient (Wildman–Crippen LogP) is 3.62. The average molecular weight is 349 g/mol. The Hall–Kier alpha value is -1.85. The van der Waals surface area contributed by atoms with Crippen LogP contribution in [-0.4, -0.2) is 40.8 Å². The molecule has 0 radical (unpaired) electrons. The highest BCUT2D eigenvalue weighted by molar-refractivity contribution is 6.30. The fraction of sp³-hybridized carbons (Fsp3) is 0.444. The summed E-state index contributed by atoms with van der Waals surface area (Å²) in [6.45, 7) is 3.51. The highest BCUT2D eigenvalue weighted by Crippen LogP contribution is 2.34. The summed E-state index contributed by atoms with van der Waals surface area (Å²) < 4.78 is 5.24. The number of halogens is 1. The summed E-state index contributed by atoms with van der Waals surface area (Å²) in [5, 5.41) is 14.2. The maximum absolute atomic E-state index is 12.6. The number of hydrogen-bond donors (Lipinski definition) is 1. The van der Waals surface area contributed by atoms with E-state index in [4.69, 9.17) is 16.1 Å². The number of aromatic nitrogens is 1. The number of piperidine rings is 1. The molecule has 128 valence electrons. The Morgan fingerprint density at radius 3 is 2.75 bits per heavy atom. The first-order chi connectivity index (χ1) is 11.6. The maximum atomic E-state index is 12.6. The zero-order chi connectivity index (χ0) is 17.2. The fourth-order valence-corrected chi connectivity index (χ4v) is 3.31. The number of aliphatic hydroxyl groups excluding tert-OH is 1. The molecule has 5 nitrogen and oxygen atoms in total. The lowest BCUT2D eigenvalue weighted by Crippen LogP contribution is -2.44. The zero-order valence-corrected chi connectivity index (χ0v) is 14.4. The van der Waals surface area contributed by atoms with E-state index in [1.807, 2.05) is 12.1 Å². The molecule has 24 heavy (non-hydrogen) atoms. The smallest absolute Gasteiger partial charge is 0.292 e. The van der Waals surface area contributed by atoms with E-state index >= 15 is 0 Å². The minimum absolute atomic E-state index is 0.0514. The highest BCUT2D eigenvalue weighted by Gasteiger charge is 2.35. The van der Waals surface area contributed by atoms with Gasteiger partial charge in [-0.05, 0) is 36.8 Å². The van der Waals surface area contributed by atoms with Crippen LogP contribution in [0.15, 0.2) is 34.9 Å². The second kappa shape index (κ2) is 6.95. The predicted molar refractivity (Wildman–Crippen MR) is 91.9 cm³/mol. The number of rotatable bonds is 4. The van der Waals surface area contributed by atoms with E-state index in [9.17, 15) is 9.90 Å². The molecule has 1 amide bonds. The van der Waals surface area contributed by atoms with Gasteiger partial charge in [0.2, 0.25) is 5.76 Å². The van der Waals surface area contributed by atoms with E-state index in [2.05, 4.69) is 12.1 Å². The van der Waals surface area contributed by atoms with Crippen LogP contribution in [0.5, 0.6) is 0 Å². The Labute approximate surface area is 146 Å². The number of hydrogen-bond acceptors (Lipinski definition) is 4. The fourth-order valence-electron chi connectivity index (χ4n) is 3.12. The monoisotopic (exact) mass is 348 g/mol. The van der Waals surface area contributed by atoms with Gasteiger partial charge in [-0.25, -0.2) is 0 Å². The first-order valence-corrected chi connectivity index (χ1v) is 8.57. The van der Waals surface area contributed by atoms with Gasteiger partial charge in [0.05, 0.1) is 0 Å². The molecule has 1 aromatic heterocycles. The Bertz CT molecular complexity index is 715. The molecule has 6 heteroatoms. The summed E-state index contributed by atoms with van der Waals surface area (Å²) >= 11 is 5.99. The molecule has 0 saturated carbocycles. The topological polar surface area (TPSA) is 66.6 Å². The molecular weight excluding hydrogens is 328 g/mol. The minimum Gasteiger partial charge on any atom is -0.396 e. The Balaban J connectivity index is 1.71. The number of aliphatic hydroxyl groups is 1. The first-order valence-electron chi connectivity index (χ1n) is 8.20. The van der Waals surface area contributed by atoms with E-state index < -0.39 is 0 Å². The molecule has 1 aromatic carbocycles. The van der Waals surface area contributed by atoms with Gasteiger partial charge < -0.3 is 14.5 Å². The van der Waals surface area contributed by atoms with Gasteiger partial charge in [0.25, 0.3) is 5.91 Å². The van der Waals surface area contributed by atoms with Crippen molar-refractivity contribution in [2.24, 2.45) is 5.41 Å². The lowest BCUT2D eigenvalue weighted by molar-refractivity contribution is 0.0315. The molecule has 2 aromatic rings. The molecule has 2 heterocycles. The van der Waals surface area contributed by atoms with E-state index in [-0.39, 0.29) is 23.7 Å². The molecular formula is C18H21ClN2O3. The summed E-state index contributed by atoms with van der Waals surface area (Å²) in [5.41, 5.74) is 1.36. The van der Waals surface area contributed by atoms with E-state index in [0.717, 1.165) is 24.8 Å². The largest absolute Gasteiger partial charge is 0.396 e. The van der Waals surface area contributed by atoms with Gasteiger partial charge in [0, 0.05) is 36.3 Å². The molecule has 0 spiro atoms. The summed E-state index contributed by atoms with van der Waals surface area (Å²) in [4.78, 5) is 14.4. The molecule has 0 atom stereocenters. The second-order valence-electron chi connectivity index (χ2n) is 6.39. The van der Waals surface area contributed by atoms with Crippen molar-refractivity contribution in [2.75, 3.05) is 19.7 Å². The molecule has 1 N–H and O–H groups in total. The Morgan fingerprint density at radius 1 is 1.38 bits per heavy atom. The van der Waals surface area contributed by atoms with Crippen molar-refractivity contribution >= 4 is 17.5 Å². The number of carbonyl (C=O) groups is 1. The van der Waals surface area contributed by atoms with Crippen LogP contribution in [-0.2, 0) is 0 Å². The van der Waals surface area contributed by atoms with Crippen molar-refractivity contribution in [3.05, 3.63) is 41.1 Å². The highest BCUT2D eigenvalue weighted by atomic mass is 35.5. The Kier molecular flexibility index (Phi) is 4.92. The van der Waals surface area contributed by atoms with E-state index in [0.29, 0.717) is 23.8 Å². The number of likely N-dealkylation sites (tertiary alicyclic amines) is 1. The van der Waals surface area contributed by atoms with E-state index in [1.165, 1.54) is 0 Å². The van der Waals surface area contributed by atoms with Gasteiger partial charge in [-0.3, -0.25) is 4.79 Å². The molecule has 0 aliphatic carbocycles. The van der Waals surface area contributed by atoms with Crippen molar-refractivity contribution in [1.29, 1.82) is 0 Å². The maximum Gasteiger partial charge on any atom is 0.292 e.